The van der Waals surface area contributed by atoms with Crippen LogP contribution in [0.1, 0.15) is 30.5 Å². The van der Waals surface area contributed by atoms with Crippen molar-refractivity contribution in [1.29, 1.82) is 0 Å². The number of hydrogen-bond acceptors (Lipinski definition) is 7. The first-order valence-electron chi connectivity index (χ1n) is 9.30. The molecule has 4 heterocycles. The highest BCUT2D eigenvalue weighted by Crippen LogP contribution is 2.31. The number of nitrogens with one attached hydrogen (secondary N) is 1. The summed E-state index contributed by atoms with van der Waals surface area (Å²) in [5, 5.41) is 13.1. The molecule has 0 aliphatic carbocycles. The zero-order valence-corrected chi connectivity index (χ0v) is 16.2. The van der Waals surface area contributed by atoms with E-state index in [1.54, 1.807) is 17.7 Å². The van der Waals surface area contributed by atoms with Crippen LogP contribution in [0.5, 0.6) is 0 Å². The number of rotatable bonds is 6. The van der Waals surface area contributed by atoms with E-state index in [1.807, 2.05) is 6.33 Å². The smallest absolute Gasteiger partial charge is 0.140 e. The van der Waals surface area contributed by atoms with Crippen molar-refractivity contribution >= 4 is 27.4 Å². The average molecular weight is 372 g/mol. The first kappa shape index (κ1) is 17.4. The molecule has 0 atom stereocenters. The van der Waals surface area contributed by atoms with Gasteiger partial charge in [0, 0.05) is 43.5 Å². The maximum absolute atomic E-state index is 4.57. The van der Waals surface area contributed by atoms with E-state index in [9.17, 15) is 0 Å². The average Bonchev–Trinajstić information content (AvgIpc) is 3.27. The van der Waals surface area contributed by atoms with Gasteiger partial charge in [0.15, 0.2) is 0 Å². The molecule has 8 heteroatoms. The molecule has 7 nitrogen and oxygen atoms in total. The summed E-state index contributed by atoms with van der Waals surface area (Å²) < 4.78 is 2.10. The molecular weight excluding hydrogens is 346 g/mol. The van der Waals surface area contributed by atoms with E-state index in [0.717, 1.165) is 61.9 Å². The molecule has 4 rings (SSSR count). The highest BCUT2D eigenvalue weighted by Gasteiger charge is 2.22. The van der Waals surface area contributed by atoms with Crippen LogP contribution in [0.2, 0.25) is 0 Å². The van der Waals surface area contributed by atoms with Crippen molar-refractivity contribution in [3.8, 4) is 0 Å². The fraction of sp³-hybridized carbons (Fsp3) is 0.556. The lowest BCUT2D eigenvalue weighted by atomic mass is 10.0. The molecule has 1 aliphatic heterocycles. The molecule has 1 saturated heterocycles. The Morgan fingerprint density at radius 1 is 1.27 bits per heavy atom. The van der Waals surface area contributed by atoms with Crippen LogP contribution in [-0.4, -0.2) is 50.4 Å². The SMILES string of the molecule is CCn1cnnc1CCNC1CCN(c2ncnc3sc(C)cc23)CC1. The molecule has 1 aliphatic rings. The lowest BCUT2D eigenvalue weighted by Gasteiger charge is -2.33. The molecule has 3 aromatic heterocycles. The largest absolute Gasteiger partial charge is 0.356 e. The minimum atomic E-state index is 0.561. The Morgan fingerprint density at radius 2 is 2.12 bits per heavy atom. The van der Waals surface area contributed by atoms with Gasteiger partial charge in [0.05, 0.1) is 5.39 Å². The van der Waals surface area contributed by atoms with Crippen LogP contribution in [-0.2, 0) is 13.0 Å². The Morgan fingerprint density at radius 3 is 2.92 bits per heavy atom. The molecule has 138 valence electrons. The molecule has 1 N–H and O–H groups in total. The van der Waals surface area contributed by atoms with Gasteiger partial charge >= 0.3 is 0 Å². The lowest BCUT2D eigenvalue weighted by molar-refractivity contribution is 0.414. The third-order valence-electron chi connectivity index (χ3n) is 5.04. The van der Waals surface area contributed by atoms with E-state index in [-0.39, 0.29) is 0 Å². The van der Waals surface area contributed by atoms with E-state index in [0.29, 0.717) is 6.04 Å². The molecule has 1 fully saturated rings. The van der Waals surface area contributed by atoms with Gasteiger partial charge in [-0.05, 0) is 32.8 Å². The van der Waals surface area contributed by atoms with Crippen molar-refractivity contribution in [2.24, 2.45) is 0 Å². The number of fused-ring (bicyclic) bond motifs is 1. The normalized spacial score (nSPS) is 15.8. The topological polar surface area (TPSA) is 71.8 Å². The summed E-state index contributed by atoms with van der Waals surface area (Å²) in [5.41, 5.74) is 0. The van der Waals surface area contributed by atoms with Gasteiger partial charge in [0.25, 0.3) is 0 Å². The highest BCUT2D eigenvalue weighted by atomic mass is 32.1. The van der Waals surface area contributed by atoms with Gasteiger partial charge < -0.3 is 14.8 Å². The van der Waals surface area contributed by atoms with E-state index < -0.39 is 0 Å². The van der Waals surface area contributed by atoms with Crippen LogP contribution in [0.15, 0.2) is 18.7 Å². The van der Waals surface area contributed by atoms with E-state index in [1.165, 1.54) is 10.3 Å². The standard InChI is InChI=1S/C18H25N7S/c1-3-24-12-22-23-16(24)4-7-19-14-5-8-25(9-6-14)17-15-10-13(2)26-18(15)21-11-20-17/h10-12,14,19H,3-9H2,1-2H3. The van der Waals surface area contributed by atoms with Gasteiger partial charge in [-0.2, -0.15) is 0 Å². The van der Waals surface area contributed by atoms with Crippen molar-refractivity contribution in [3.05, 3.63) is 29.4 Å². The molecule has 0 bridgehead atoms. The van der Waals surface area contributed by atoms with Crippen molar-refractivity contribution in [1.82, 2.24) is 30.0 Å². The van der Waals surface area contributed by atoms with Gasteiger partial charge in [0.2, 0.25) is 0 Å². The molecule has 0 spiro atoms. The first-order chi connectivity index (χ1) is 12.7. The number of piperidine rings is 1. The summed E-state index contributed by atoms with van der Waals surface area (Å²) in [7, 11) is 0. The zero-order chi connectivity index (χ0) is 17.9. The fourth-order valence-corrected chi connectivity index (χ4v) is 4.48. The Balaban J connectivity index is 1.31. The number of hydrogen-bond donors (Lipinski definition) is 1. The lowest BCUT2D eigenvalue weighted by Crippen LogP contribution is -2.43. The number of anilines is 1. The van der Waals surface area contributed by atoms with Crippen molar-refractivity contribution in [2.45, 2.75) is 45.7 Å². The van der Waals surface area contributed by atoms with E-state index in [4.69, 9.17) is 0 Å². The minimum absolute atomic E-state index is 0.561. The predicted octanol–water partition coefficient (Wildman–Crippen LogP) is 2.41. The first-order valence-corrected chi connectivity index (χ1v) is 10.1. The highest BCUT2D eigenvalue weighted by molar-refractivity contribution is 7.18. The maximum Gasteiger partial charge on any atom is 0.140 e. The van der Waals surface area contributed by atoms with Gasteiger partial charge in [-0.1, -0.05) is 0 Å². The third kappa shape index (κ3) is 3.57. The number of thiophene rings is 1. The second-order valence-electron chi connectivity index (χ2n) is 6.77. The number of aromatic nitrogens is 5. The summed E-state index contributed by atoms with van der Waals surface area (Å²) >= 11 is 1.74. The van der Waals surface area contributed by atoms with Gasteiger partial charge in [0.1, 0.15) is 29.1 Å². The number of aryl methyl sites for hydroxylation is 2. The monoisotopic (exact) mass is 371 g/mol. The van der Waals surface area contributed by atoms with Gasteiger partial charge in [-0.3, -0.25) is 0 Å². The molecule has 3 aromatic rings. The number of nitrogens with zero attached hydrogens (tertiary/aromatic N) is 6. The molecule has 0 unspecified atom stereocenters. The Labute approximate surface area is 157 Å². The Bertz CT molecular complexity index is 863. The van der Waals surface area contributed by atoms with Crippen LogP contribution in [0, 0.1) is 6.92 Å². The van der Waals surface area contributed by atoms with Gasteiger partial charge in [-0.25, -0.2) is 9.97 Å². The molecule has 26 heavy (non-hydrogen) atoms. The molecular formula is C18H25N7S. The molecule has 0 aromatic carbocycles. The quantitative estimate of drug-likeness (QED) is 0.717. The summed E-state index contributed by atoms with van der Waals surface area (Å²) in [6, 6.07) is 2.77. The predicted molar refractivity (Wildman–Crippen MR) is 105 cm³/mol. The van der Waals surface area contributed by atoms with Gasteiger partial charge in [-0.15, -0.1) is 21.5 Å². The second-order valence-corrected chi connectivity index (χ2v) is 8.01. The summed E-state index contributed by atoms with van der Waals surface area (Å²) in [6.45, 7) is 8.19. The summed E-state index contributed by atoms with van der Waals surface area (Å²) in [5.74, 6) is 2.16. The minimum Gasteiger partial charge on any atom is -0.356 e. The van der Waals surface area contributed by atoms with Crippen LogP contribution < -0.4 is 10.2 Å². The maximum atomic E-state index is 4.57. The van der Waals surface area contributed by atoms with E-state index >= 15 is 0 Å². The molecule has 0 radical (unpaired) electrons. The zero-order valence-electron chi connectivity index (χ0n) is 15.4. The van der Waals surface area contributed by atoms with Crippen molar-refractivity contribution in [3.63, 3.8) is 0 Å². The van der Waals surface area contributed by atoms with Crippen LogP contribution in [0.3, 0.4) is 0 Å². The molecule has 0 saturated carbocycles. The van der Waals surface area contributed by atoms with Crippen LogP contribution in [0.4, 0.5) is 5.82 Å². The third-order valence-corrected chi connectivity index (χ3v) is 6.00. The fourth-order valence-electron chi connectivity index (χ4n) is 3.64. The summed E-state index contributed by atoms with van der Waals surface area (Å²) in [4.78, 5) is 13.8. The van der Waals surface area contributed by atoms with Crippen LogP contribution >= 0.6 is 11.3 Å². The Hall–Kier alpha value is -2.06. The van der Waals surface area contributed by atoms with Crippen molar-refractivity contribution < 1.29 is 0 Å². The molecule has 0 amide bonds. The Kier molecular flexibility index (Phi) is 5.12. The van der Waals surface area contributed by atoms with Crippen molar-refractivity contribution in [2.75, 3.05) is 24.5 Å². The van der Waals surface area contributed by atoms with E-state index in [2.05, 4.69) is 54.9 Å². The second kappa shape index (κ2) is 7.67. The summed E-state index contributed by atoms with van der Waals surface area (Å²) in [6.07, 6.45) is 6.70. The van der Waals surface area contributed by atoms with Crippen LogP contribution in [0.25, 0.3) is 10.2 Å².